The molecule has 1 aliphatic heterocycles. The molecular formula is C16H21Cl2N5O2. The minimum Gasteiger partial charge on any atom is -0.339 e. The zero-order valence-corrected chi connectivity index (χ0v) is 15.5. The first-order chi connectivity index (χ1) is 11.1. The molecule has 1 N–H and O–H groups in total. The Hall–Kier alpha value is -1.96. The highest BCUT2D eigenvalue weighted by Gasteiger charge is 2.21. The Morgan fingerprint density at radius 3 is 2.48 bits per heavy atom. The summed E-state index contributed by atoms with van der Waals surface area (Å²) in [7, 11) is 1.61. The Morgan fingerprint density at radius 2 is 1.80 bits per heavy atom. The fraction of sp³-hybridized carbons (Fsp3) is 0.375. The zero-order valence-electron chi connectivity index (χ0n) is 13.8. The number of benzene rings is 1. The molecule has 0 spiro atoms. The number of hydrogen-bond donors (Lipinski definition) is 1. The van der Waals surface area contributed by atoms with Crippen LogP contribution in [-0.4, -0.2) is 71.4 Å². The number of likely N-dealkylation sites (N-methyl/N-ethyl adjacent to an activating group) is 1. The van der Waals surface area contributed by atoms with E-state index in [2.05, 4.69) is 15.3 Å². The number of nitrogens with zero attached hydrogens (tertiary/aromatic N) is 4. The van der Waals surface area contributed by atoms with Crippen molar-refractivity contribution in [2.75, 3.05) is 39.8 Å². The topological polar surface area (TPSA) is 78.4 Å². The van der Waals surface area contributed by atoms with Gasteiger partial charge in [0, 0.05) is 33.2 Å². The smallest absolute Gasteiger partial charge is 0.274 e. The number of carbonyl (C=O) groups excluding carboxylic acids is 2. The van der Waals surface area contributed by atoms with Crippen molar-refractivity contribution < 1.29 is 9.59 Å². The van der Waals surface area contributed by atoms with Crippen LogP contribution in [0.3, 0.4) is 0 Å². The molecule has 1 aromatic carbocycles. The molecule has 1 aromatic heterocycles. The van der Waals surface area contributed by atoms with E-state index in [1.54, 1.807) is 11.9 Å². The van der Waals surface area contributed by atoms with Crippen molar-refractivity contribution in [1.82, 2.24) is 25.1 Å². The van der Waals surface area contributed by atoms with Crippen LogP contribution in [0, 0.1) is 0 Å². The number of rotatable bonds is 3. The molecule has 2 aromatic rings. The highest BCUT2D eigenvalue weighted by atomic mass is 35.5. The molecule has 9 heteroatoms. The van der Waals surface area contributed by atoms with Crippen LogP contribution in [0.2, 0.25) is 0 Å². The lowest BCUT2D eigenvalue weighted by Crippen LogP contribution is -2.49. The Labute approximate surface area is 158 Å². The molecule has 0 aliphatic carbocycles. The zero-order chi connectivity index (χ0) is 16.2. The second-order valence-corrected chi connectivity index (χ2v) is 5.54. The van der Waals surface area contributed by atoms with Crippen LogP contribution in [0.5, 0.6) is 0 Å². The molecule has 1 saturated heterocycles. The lowest BCUT2D eigenvalue weighted by atomic mass is 10.3. The largest absolute Gasteiger partial charge is 0.339 e. The van der Waals surface area contributed by atoms with Crippen LogP contribution in [-0.2, 0) is 4.79 Å². The quantitative estimate of drug-likeness (QED) is 0.851. The van der Waals surface area contributed by atoms with Crippen molar-refractivity contribution in [2.45, 2.75) is 0 Å². The maximum Gasteiger partial charge on any atom is 0.274 e. The van der Waals surface area contributed by atoms with Gasteiger partial charge in [-0.15, -0.1) is 24.8 Å². The fourth-order valence-electron chi connectivity index (χ4n) is 2.54. The molecule has 1 aliphatic rings. The Kier molecular flexibility index (Phi) is 8.02. The lowest BCUT2D eigenvalue weighted by molar-refractivity contribution is -0.132. The average molecular weight is 386 g/mol. The number of aromatic nitrogens is 2. The fourth-order valence-corrected chi connectivity index (χ4v) is 2.54. The summed E-state index contributed by atoms with van der Waals surface area (Å²) in [6.45, 7) is 2.99. The van der Waals surface area contributed by atoms with Crippen molar-refractivity contribution >= 4 is 47.7 Å². The summed E-state index contributed by atoms with van der Waals surface area (Å²) in [6.07, 6.45) is 1.45. The minimum atomic E-state index is -0.299. The van der Waals surface area contributed by atoms with Crippen LogP contribution >= 0.6 is 24.8 Å². The molecule has 2 amide bonds. The van der Waals surface area contributed by atoms with E-state index in [4.69, 9.17) is 0 Å². The van der Waals surface area contributed by atoms with Crippen molar-refractivity contribution in [3.8, 4) is 0 Å². The number of para-hydroxylation sites is 2. The molecule has 1 fully saturated rings. The van der Waals surface area contributed by atoms with Crippen LogP contribution in [0.1, 0.15) is 10.5 Å². The molecule has 0 radical (unpaired) electrons. The van der Waals surface area contributed by atoms with Gasteiger partial charge in [0.15, 0.2) is 0 Å². The van der Waals surface area contributed by atoms with Crippen LogP contribution in [0.4, 0.5) is 0 Å². The highest BCUT2D eigenvalue weighted by molar-refractivity contribution is 5.95. The van der Waals surface area contributed by atoms with Crippen molar-refractivity contribution in [3.05, 3.63) is 36.2 Å². The molecule has 0 bridgehead atoms. The summed E-state index contributed by atoms with van der Waals surface area (Å²) in [5.41, 5.74) is 1.66. The van der Waals surface area contributed by atoms with Gasteiger partial charge >= 0.3 is 0 Å². The van der Waals surface area contributed by atoms with Gasteiger partial charge in [0.1, 0.15) is 5.69 Å². The maximum absolute atomic E-state index is 12.4. The molecule has 25 heavy (non-hydrogen) atoms. The van der Waals surface area contributed by atoms with Gasteiger partial charge in [-0.3, -0.25) is 14.6 Å². The summed E-state index contributed by atoms with van der Waals surface area (Å²) >= 11 is 0. The van der Waals surface area contributed by atoms with E-state index in [9.17, 15) is 9.59 Å². The van der Waals surface area contributed by atoms with E-state index < -0.39 is 0 Å². The van der Waals surface area contributed by atoms with E-state index in [-0.39, 0.29) is 48.9 Å². The van der Waals surface area contributed by atoms with E-state index in [1.807, 2.05) is 24.3 Å². The minimum absolute atomic E-state index is 0. The summed E-state index contributed by atoms with van der Waals surface area (Å²) < 4.78 is 0. The third kappa shape index (κ3) is 5.01. The maximum atomic E-state index is 12.4. The van der Waals surface area contributed by atoms with Crippen LogP contribution in [0.25, 0.3) is 11.0 Å². The number of halogens is 2. The van der Waals surface area contributed by atoms with Gasteiger partial charge in [-0.1, -0.05) is 12.1 Å². The van der Waals surface area contributed by atoms with Crippen molar-refractivity contribution in [1.29, 1.82) is 0 Å². The number of hydrogen-bond acceptors (Lipinski definition) is 5. The molecule has 0 saturated carbocycles. The third-order valence-corrected chi connectivity index (χ3v) is 3.86. The van der Waals surface area contributed by atoms with Crippen molar-refractivity contribution in [3.63, 3.8) is 0 Å². The molecule has 0 atom stereocenters. The highest BCUT2D eigenvalue weighted by Crippen LogP contribution is 2.10. The number of piperazine rings is 1. The van der Waals surface area contributed by atoms with Gasteiger partial charge < -0.3 is 15.1 Å². The Balaban J connectivity index is 0.00000156. The first-order valence-corrected chi connectivity index (χ1v) is 7.61. The molecular weight excluding hydrogens is 365 g/mol. The SMILES string of the molecule is CN(CC(=O)N1CCNCC1)C(=O)c1cnc2ccccc2n1.Cl.Cl. The summed E-state index contributed by atoms with van der Waals surface area (Å²) in [4.78, 5) is 36.4. The standard InChI is InChI=1S/C16H19N5O2.2ClH/c1-20(11-15(22)21-8-6-17-7-9-21)16(23)14-10-18-12-4-2-3-5-13(12)19-14;;/h2-5,10,17H,6-9,11H2,1H3;2*1H. The van der Waals surface area contributed by atoms with Crippen molar-refractivity contribution in [2.24, 2.45) is 0 Å². The van der Waals surface area contributed by atoms with Gasteiger partial charge in [0.2, 0.25) is 5.91 Å². The number of carbonyl (C=O) groups is 2. The molecule has 136 valence electrons. The second kappa shape index (κ2) is 9.50. The summed E-state index contributed by atoms with van der Waals surface area (Å²) in [5, 5.41) is 3.20. The molecule has 2 heterocycles. The first-order valence-electron chi connectivity index (χ1n) is 7.61. The monoisotopic (exact) mass is 385 g/mol. The van der Waals surface area contributed by atoms with Gasteiger partial charge in [0.05, 0.1) is 23.8 Å². The Morgan fingerprint density at radius 1 is 1.16 bits per heavy atom. The molecule has 7 nitrogen and oxygen atoms in total. The predicted molar refractivity (Wildman–Crippen MR) is 100 cm³/mol. The number of amides is 2. The number of fused-ring (bicyclic) bond motifs is 1. The van der Waals surface area contributed by atoms with Gasteiger partial charge in [0.25, 0.3) is 5.91 Å². The van der Waals surface area contributed by atoms with Crippen LogP contribution < -0.4 is 5.32 Å². The van der Waals surface area contributed by atoms with E-state index in [0.29, 0.717) is 18.6 Å². The van der Waals surface area contributed by atoms with Gasteiger partial charge in [-0.05, 0) is 12.1 Å². The average Bonchev–Trinajstić information content (AvgIpc) is 2.61. The lowest BCUT2D eigenvalue weighted by Gasteiger charge is -2.29. The predicted octanol–water partition coefficient (Wildman–Crippen LogP) is 0.977. The number of nitrogens with one attached hydrogen (secondary N) is 1. The van der Waals surface area contributed by atoms with E-state index in [1.165, 1.54) is 11.1 Å². The second-order valence-electron chi connectivity index (χ2n) is 5.54. The summed E-state index contributed by atoms with van der Waals surface area (Å²) in [6, 6.07) is 7.37. The summed E-state index contributed by atoms with van der Waals surface area (Å²) in [5.74, 6) is -0.345. The van der Waals surface area contributed by atoms with E-state index in [0.717, 1.165) is 18.6 Å². The van der Waals surface area contributed by atoms with Gasteiger partial charge in [-0.25, -0.2) is 4.98 Å². The Bertz CT molecular complexity index is 737. The van der Waals surface area contributed by atoms with E-state index >= 15 is 0 Å². The third-order valence-electron chi connectivity index (χ3n) is 3.86. The van der Waals surface area contributed by atoms with Gasteiger partial charge in [-0.2, -0.15) is 0 Å². The normalized spacial score (nSPS) is 13.6. The molecule has 3 rings (SSSR count). The van der Waals surface area contributed by atoms with Crippen LogP contribution in [0.15, 0.2) is 30.5 Å². The first kappa shape index (κ1) is 21.1. The molecule has 0 unspecified atom stereocenters.